The highest BCUT2D eigenvalue weighted by atomic mass is 16.7. The number of rotatable bonds is 6. The van der Waals surface area contributed by atoms with Crippen LogP contribution in [0, 0.1) is 0 Å². The van der Waals surface area contributed by atoms with Crippen molar-refractivity contribution in [1.29, 1.82) is 0 Å². The monoisotopic (exact) mass is 349 g/mol. The van der Waals surface area contributed by atoms with Crippen LogP contribution in [0.4, 0.5) is 0 Å². The summed E-state index contributed by atoms with van der Waals surface area (Å²) >= 11 is 0. The summed E-state index contributed by atoms with van der Waals surface area (Å²) in [6.07, 6.45) is 0.0344. The molecule has 5 heteroatoms. The molecule has 0 unspecified atom stereocenters. The second-order valence-corrected chi connectivity index (χ2v) is 8.06. The van der Waals surface area contributed by atoms with Crippen molar-refractivity contribution in [3.05, 3.63) is 35.9 Å². The fourth-order valence-corrected chi connectivity index (χ4v) is 2.93. The summed E-state index contributed by atoms with van der Waals surface area (Å²) < 4.78 is 17.2. The number of esters is 1. The zero-order chi connectivity index (χ0) is 18.7. The van der Waals surface area contributed by atoms with E-state index in [4.69, 9.17) is 14.2 Å². The number of hydrogen-bond donors (Lipinski definition) is 1. The summed E-state index contributed by atoms with van der Waals surface area (Å²) in [7, 11) is 0. The lowest BCUT2D eigenvalue weighted by Gasteiger charge is -2.29. The van der Waals surface area contributed by atoms with E-state index in [0.717, 1.165) is 5.56 Å². The van der Waals surface area contributed by atoms with Crippen LogP contribution >= 0.6 is 0 Å². The fourth-order valence-electron chi connectivity index (χ4n) is 2.93. The molecule has 1 aliphatic heterocycles. The molecule has 0 bridgehead atoms. The van der Waals surface area contributed by atoms with Gasteiger partial charge in [-0.3, -0.25) is 4.79 Å². The molecule has 25 heavy (non-hydrogen) atoms. The minimum absolute atomic E-state index is 0.0842. The van der Waals surface area contributed by atoms with Gasteiger partial charge >= 0.3 is 5.97 Å². The third kappa shape index (κ3) is 6.42. The van der Waals surface area contributed by atoms with Gasteiger partial charge in [0.1, 0.15) is 11.7 Å². The van der Waals surface area contributed by atoms with Crippen LogP contribution in [0.1, 0.15) is 59.6 Å². The van der Waals surface area contributed by atoms with Crippen molar-refractivity contribution in [2.45, 2.75) is 77.5 Å². The maximum atomic E-state index is 12.3. The number of benzene rings is 1. The summed E-state index contributed by atoms with van der Waals surface area (Å²) in [5.41, 5.74) is 0.661. The molecule has 5 nitrogen and oxygen atoms in total. The lowest BCUT2D eigenvalue weighted by atomic mass is 10.0. The smallest absolute Gasteiger partial charge is 0.307 e. The maximum Gasteiger partial charge on any atom is 0.307 e. The zero-order valence-corrected chi connectivity index (χ0v) is 16.2. The molecular formula is C20H31NO4. The average Bonchev–Trinajstić information content (AvgIpc) is 2.85. The van der Waals surface area contributed by atoms with E-state index in [1.165, 1.54) is 0 Å². The van der Waals surface area contributed by atoms with E-state index in [1.807, 2.05) is 52.8 Å². The van der Waals surface area contributed by atoms with E-state index >= 15 is 0 Å². The molecule has 1 aromatic rings. The van der Waals surface area contributed by atoms with Gasteiger partial charge in [0.05, 0.1) is 13.0 Å². The summed E-state index contributed by atoms with van der Waals surface area (Å²) in [4.78, 5) is 12.3. The van der Waals surface area contributed by atoms with Crippen LogP contribution in [0.5, 0.6) is 0 Å². The predicted molar refractivity (Wildman–Crippen MR) is 97.1 cm³/mol. The lowest BCUT2D eigenvalue weighted by molar-refractivity contribution is -0.159. The molecule has 3 atom stereocenters. The highest BCUT2D eigenvalue weighted by Crippen LogP contribution is 2.27. The lowest BCUT2D eigenvalue weighted by Crippen LogP contribution is -2.45. The summed E-state index contributed by atoms with van der Waals surface area (Å²) in [6, 6.07) is 10.0. The summed E-state index contributed by atoms with van der Waals surface area (Å²) in [6.45, 7) is 11.9. The van der Waals surface area contributed by atoms with Gasteiger partial charge in [-0.1, -0.05) is 30.3 Å². The molecule has 0 aliphatic carbocycles. The van der Waals surface area contributed by atoms with Crippen LogP contribution in [0.3, 0.4) is 0 Å². The van der Waals surface area contributed by atoms with Gasteiger partial charge in [0.2, 0.25) is 0 Å². The Kier molecular flexibility index (Phi) is 6.25. The molecule has 0 saturated carbocycles. The molecule has 1 saturated heterocycles. The quantitative estimate of drug-likeness (QED) is 0.796. The van der Waals surface area contributed by atoms with E-state index in [9.17, 15) is 4.79 Å². The Morgan fingerprint density at radius 3 is 2.48 bits per heavy atom. The van der Waals surface area contributed by atoms with Crippen molar-refractivity contribution in [3.8, 4) is 0 Å². The van der Waals surface area contributed by atoms with Crippen LogP contribution in [0.25, 0.3) is 0 Å². The number of nitrogens with one attached hydrogen (secondary N) is 1. The Morgan fingerprint density at radius 1 is 1.32 bits per heavy atom. The molecule has 0 radical (unpaired) electrons. The molecule has 1 aromatic carbocycles. The average molecular weight is 349 g/mol. The topological polar surface area (TPSA) is 56.8 Å². The first-order valence-electron chi connectivity index (χ1n) is 8.90. The van der Waals surface area contributed by atoms with E-state index in [2.05, 4.69) is 24.4 Å². The van der Waals surface area contributed by atoms with Crippen molar-refractivity contribution in [3.63, 3.8) is 0 Å². The minimum atomic E-state index is -0.630. The van der Waals surface area contributed by atoms with Gasteiger partial charge in [0, 0.05) is 12.1 Å². The Bertz CT molecular complexity index is 565. The molecule has 2 rings (SSSR count). The number of ether oxygens (including phenoxy) is 3. The molecule has 1 fully saturated rings. The van der Waals surface area contributed by atoms with Gasteiger partial charge in [-0.2, -0.15) is 0 Å². The first-order chi connectivity index (χ1) is 11.6. The third-order valence-corrected chi connectivity index (χ3v) is 4.05. The highest BCUT2D eigenvalue weighted by molar-refractivity contribution is 5.70. The molecule has 1 heterocycles. The van der Waals surface area contributed by atoms with E-state index < -0.39 is 11.4 Å². The molecule has 0 aromatic heterocycles. The van der Waals surface area contributed by atoms with Crippen LogP contribution in [0.15, 0.2) is 30.3 Å². The molecule has 140 valence electrons. The molecule has 0 amide bonds. The number of carbonyl (C=O) groups is 1. The van der Waals surface area contributed by atoms with Crippen molar-refractivity contribution < 1.29 is 19.0 Å². The second kappa shape index (κ2) is 7.85. The van der Waals surface area contributed by atoms with E-state index in [0.29, 0.717) is 6.61 Å². The molecular weight excluding hydrogens is 318 g/mol. The predicted octanol–water partition coefficient (Wildman–Crippen LogP) is 3.59. The van der Waals surface area contributed by atoms with Gasteiger partial charge < -0.3 is 19.5 Å². The fraction of sp³-hybridized carbons (Fsp3) is 0.650. The highest BCUT2D eigenvalue weighted by Gasteiger charge is 2.39. The Balaban J connectivity index is 2.08. The van der Waals surface area contributed by atoms with Crippen molar-refractivity contribution >= 4 is 5.97 Å². The summed E-state index contributed by atoms with van der Waals surface area (Å²) in [5, 5.41) is 3.52. The molecule has 0 spiro atoms. The number of carbonyl (C=O) groups excluding carboxylic acids is 1. The van der Waals surface area contributed by atoms with Crippen molar-refractivity contribution in [1.82, 2.24) is 5.32 Å². The third-order valence-electron chi connectivity index (χ3n) is 4.05. The Labute approximate surface area is 151 Å². The summed E-state index contributed by atoms with van der Waals surface area (Å²) in [5.74, 6) is -0.868. The van der Waals surface area contributed by atoms with Crippen molar-refractivity contribution in [2.24, 2.45) is 0 Å². The van der Waals surface area contributed by atoms with Gasteiger partial charge in [-0.15, -0.1) is 0 Å². The normalized spacial score (nSPS) is 22.4. The standard InChI is InChI=1S/C20H31NO4/c1-14(15-10-8-7-9-11-15)21-16(12-18(22)25-19(2,3)4)17-13-23-20(5,6)24-17/h7-11,14,16-17,21H,12-13H2,1-6H3/t14-,16-,17+/m0/s1. The molecule has 1 aliphatic rings. The minimum Gasteiger partial charge on any atom is -0.460 e. The maximum absolute atomic E-state index is 12.3. The Morgan fingerprint density at radius 2 is 1.96 bits per heavy atom. The van der Waals surface area contributed by atoms with Crippen molar-refractivity contribution in [2.75, 3.05) is 6.61 Å². The molecule has 1 N–H and O–H groups in total. The zero-order valence-electron chi connectivity index (χ0n) is 16.2. The van der Waals surface area contributed by atoms with Crippen LogP contribution in [-0.4, -0.2) is 36.1 Å². The van der Waals surface area contributed by atoms with E-state index in [1.54, 1.807) is 0 Å². The van der Waals surface area contributed by atoms with Crippen LogP contribution in [0.2, 0.25) is 0 Å². The van der Waals surface area contributed by atoms with Gasteiger partial charge in [0.25, 0.3) is 0 Å². The number of hydrogen-bond acceptors (Lipinski definition) is 5. The van der Waals surface area contributed by atoms with Gasteiger partial charge in [0.15, 0.2) is 5.79 Å². The van der Waals surface area contributed by atoms with Crippen LogP contribution < -0.4 is 5.32 Å². The van der Waals surface area contributed by atoms with E-state index in [-0.39, 0.29) is 30.6 Å². The largest absolute Gasteiger partial charge is 0.460 e. The van der Waals surface area contributed by atoms with Gasteiger partial charge in [-0.25, -0.2) is 0 Å². The second-order valence-electron chi connectivity index (χ2n) is 8.06. The van der Waals surface area contributed by atoms with Gasteiger partial charge in [-0.05, 0) is 47.1 Å². The van der Waals surface area contributed by atoms with Crippen LogP contribution in [-0.2, 0) is 19.0 Å². The first kappa shape index (κ1) is 19.9. The Hall–Kier alpha value is -1.43. The first-order valence-corrected chi connectivity index (χ1v) is 8.90. The SMILES string of the molecule is C[C@H](N[C@@H](CC(=O)OC(C)(C)C)[C@H]1COC(C)(C)O1)c1ccccc1.